The van der Waals surface area contributed by atoms with Crippen LogP contribution in [0.2, 0.25) is 0 Å². The van der Waals surface area contributed by atoms with E-state index in [1.807, 2.05) is 37.7 Å². The maximum atomic E-state index is 13.1. The maximum absolute atomic E-state index is 13.1. The SMILES string of the molecule is Cc1c(C(=O)N(C)C)n(C2CCCC2)c2nc(Nc3ccc(N4CC=NCC4)cn3)ncc12. The summed E-state index contributed by atoms with van der Waals surface area (Å²) in [5.74, 6) is 1.17. The molecule has 1 saturated carbocycles. The first-order chi connectivity index (χ1) is 16.0. The number of rotatable bonds is 5. The second kappa shape index (κ2) is 8.80. The van der Waals surface area contributed by atoms with Gasteiger partial charge in [0.1, 0.15) is 17.2 Å². The molecular weight excluding hydrogens is 416 g/mol. The zero-order valence-corrected chi connectivity index (χ0v) is 19.5. The highest BCUT2D eigenvalue weighted by atomic mass is 16.2. The van der Waals surface area contributed by atoms with Crippen molar-refractivity contribution in [1.82, 2.24) is 24.4 Å². The first-order valence-corrected chi connectivity index (χ1v) is 11.6. The number of aromatic nitrogens is 4. The van der Waals surface area contributed by atoms with Crippen LogP contribution in [0.1, 0.15) is 47.8 Å². The van der Waals surface area contributed by atoms with Gasteiger partial charge in [-0.1, -0.05) is 12.8 Å². The van der Waals surface area contributed by atoms with Gasteiger partial charge in [-0.25, -0.2) is 9.97 Å². The maximum Gasteiger partial charge on any atom is 0.270 e. The van der Waals surface area contributed by atoms with Gasteiger partial charge in [-0.05, 0) is 37.5 Å². The number of carbonyl (C=O) groups excluding carboxylic acids is 1. The summed E-state index contributed by atoms with van der Waals surface area (Å²) in [6.07, 6.45) is 10.1. The predicted octanol–water partition coefficient (Wildman–Crippen LogP) is 3.59. The molecule has 0 aromatic carbocycles. The van der Waals surface area contributed by atoms with Crippen molar-refractivity contribution in [3.8, 4) is 0 Å². The predicted molar refractivity (Wildman–Crippen MR) is 131 cm³/mol. The van der Waals surface area contributed by atoms with E-state index in [0.29, 0.717) is 11.8 Å². The summed E-state index contributed by atoms with van der Waals surface area (Å²) in [7, 11) is 3.59. The normalized spacial score (nSPS) is 16.5. The third kappa shape index (κ3) is 4.03. The fraction of sp³-hybridized carbons (Fsp3) is 0.458. The molecule has 0 bridgehead atoms. The largest absolute Gasteiger partial charge is 0.363 e. The molecule has 3 aromatic heterocycles. The Hall–Kier alpha value is -3.49. The van der Waals surface area contributed by atoms with Gasteiger partial charge < -0.3 is 19.7 Å². The summed E-state index contributed by atoms with van der Waals surface area (Å²) in [5, 5.41) is 4.16. The monoisotopic (exact) mass is 446 g/mol. The zero-order chi connectivity index (χ0) is 22.9. The van der Waals surface area contributed by atoms with Crippen LogP contribution in [0, 0.1) is 6.92 Å². The number of hydrogen-bond acceptors (Lipinski definition) is 7. The van der Waals surface area contributed by atoms with E-state index in [9.17, 15) is 4.79 Å². The fourth-order valence-corrected chi connectivity index (χ4v) is 4.80. The molecule has 0 unspecified atom stereocenters. The molecule has 0 atom stereocenters. The van der Waals surface area contributed by atoms with Crippen molar-refractivity contribution in [2.75, 3.05) is 43.9 Å². The van der Waals surface area contributed by atoms with Gasteiger partial charge in [-0.2, -0.15) is 4.98 Å². The van der Waals surface area contributed by atoms with Gasteiger partial charge in [0, 0.05) is 44.5 Å². The lowest BCUT2D eigenvalue weighted by Gasteiger charge is -2.24. The number of pyridine rings is 1. The molecule has 0 spiro atoms. The Morgan fingerprint density at radius 1 is 1.15 bits per heavy atom. The van der Waals surface area contributed by atoms with Crippen molar-refractivity contribution in [3.63, 3.8) is 0 Å². The number of nitrogens with one attached hydrogen (secondary N) is 1. The smallest absolute Gasteiger partial charge is 0.270 e. The summed E-state index contributed by atoms with van der Waals surface area (Å²) in [6, 6.07) is 4.27. The molecule has 1 N–H and O–H groups in total. The Balaban J connectivity index is 1.48. The number of fused-ring (bicyclic) bond motifs is 1. The molecule has 2 aliphatic rings. The van der Waals surface area contributed by atoms with E-state index in [2.05, 4.69) is 29.7 Å². The molecule has 9 heteroatoms. The standard InChI is InChI=1S/C24H30N8O/c1-16-19-15-27-24(28-20-9-8-18(14-26-20)31-12-10-25-11-13-31)29-22(19)32(17-6-4-5-7-17)21(16)23(33)30(2)3/h8-10,14-15,17H,4-7,11-13H2,1-3H3,(H,26,27,28,29). The van der Waals surface area contributed by atoms with Crippen molar-refractivity contribution in [3.05, 3.63) is 35.8 Å². The second-order valence-corrected chi connectivity index (χ2v) is 8.97. The Kier molecular flexibility index (Phi) is 5.70. The average molecular weight is 447 g/mol. The molecule has 172 valence electrons. The van der Waals surface area contributed by atoms with Gasteiger partial charge in [-0.3, -0.25) is 9.79 Å². The Bertz CT molecular complexity index is 1190. The first kappa shape index (κ1) is 21.4. The summed E-state index contributed by atoms with van der Waals surface area (Å²) >= 11 is 0. The van der Waals surface area contributed by atoms with Gasteiger partial charge in [-0.15, -0.1) is 0 Å². The van der Waals surface area contributed by atoms with Gasteiger partial charge in [0.25, 0.3) is 5.91 Å². The lowest BCUT2D eigenvalue weighted by Crippen LogP contribution is -2.31. The number of aliphatic imine (C=N–C) groups is 1. The summed E-state index contributed by atoms with van der Waals surface area (Å²) < 4.78 is 2.15. The van der Waals surface area contributed by atoms with E-state index in [1.54, 1.807) is 19.0 Å². The van der Waals surface area contributed by atoms with Crippen LogP contribution in [0.25, 0.3) is 11.0 Å². The first-order valence-electron chi connectivity index (χ1n) is 11.6. The molecule has 0 saturated heterocycles. The molecule has 1 aliphatic heterocycles. The molecular formula is C24H30N8O. The van der Waals surface area contributed by atoms with E-state index < -0.39 is 0 Å². The summed E-state index contributed by atoms with van der Waals surface area (Å²) in [4.78, 5) is 35.2. The minimum absolute atomic E-state index is 0.00641. The molecule has 5 rings (SSSR count). The van der Waals surface area contributed by atoms with Crippen molar-refractivity contribution in [2.45, 2.75) is 38.6 Å². The number of carbonyl (C=O) groups is 1. The number of aryl methyl sites for hydroxylation is 1. The van der Waals surface area contributed by atoms with Crippen LogP contribution in [-0.4, -0.2) is 70.3 Å². The summed E-state index contributed by atoms with van der Waals surface area (Å²) in [6.45, 7) is 4.51. The Morgan fingerprint density at radius 2 is 1.97 bits per heavy atom. The zero-order valence-electron chi connectivity index (χ0n) is 19.5. The lowest BCUT2D eigenvalue weighted by atomic mass is 10.2. The van der Waals surface area contributed by atoms with E-state index >= 15 is 0 Å². The number of anilines is 3. The minimum atomic E-state index is 0.00641. The van der Waals surface area contributed by atoms with Gasteiger partial charge in [0.2, 0.25) is 5.95 Å². The molecule has 0 radical (unpaired) electrons. The van der Waals surface area contributed by atoms with Crippen LogP contribution in [0.3, 0.4) is 0 Å². The third-order valence-corrected chi connectivity index (χ3v) is 6.58. The molecule has 3 aromatic rings. The Labute approximate surface area is 193 Å². The third-order valence-electron chi connectivity index (χ3n) is 6.58. The molecule has 33 heavy (non-hydrogen) atoms. The topological polar surface area (TPSA) is 91.5 Å². The Morgan fingerprint density at radius 3 is 2.64 bits per heavy atom. The molecule has 9 nitrogen and oxygen atoms in total. The highest BCUT2D eigenvalue weighted by Gasteiger charge is 2.29. The summed E-state index contributed by atoms with van der Waals surface area (Å²) in [5.41, 5.74) is 3.54. The average Bonchev–Trinajstić information content (AvgIpc) is 3.46. The van der Waals surface area contributed by atoms with Gasteiger partial charge in [0.15, 0.2) is 0 Å². The van der Waals surface area contributed by atoms with Crippen molar-refractivity contribution in [2.24, 2.45) is 4.99 Å². The number of hydrogen-bond donors (Lipinski definition) is 1. The van der Waals surface area contributed by atoms with Crippen molar-refractivity contribution >= 4 is 40.6 Å². The fourth-order valence-electron chi connectivity index (χ4n) is 4.80. The molecule has 1 amide bonds. The van der Waals surface area contributed by atoms with Crippen LogP contribution in [-0.2, 0) is 0 Å². The van der Waals surface area contributed by atoms with E-state index in [4.69, 9.17) is 4.98 Å². The molecule has 4 heterocycles. The van der Waals surface area contributed by atoms with Gasteiger partial charge >= 0.3 is 0 Å². The highest BCUT2D eigenvalue weighted by Crippen LogP contribution is 2.37. The lowest BCUT2D eigenvalue weighted by molar-refractivity contribution is 0.0814. The van der Waals surface area contributed by atoms with Crippen molar-refractivity contribution < 1.29 is 4.79 Å². The van der Waals surface area contributed by atoms with E-state index in [1.165, 1.54) is 12.8 Å². The van der Waals surface area contributed by atoms with Crippen LogP contribution in [0.4, 0.5) is 17.5 Å². The highest BCUT2D eigenvalue weighted by molar-refractivity contribution is 6.00. The minimum Gasteiger partial charge on any atom is -0.363 e. The van der Waals surface area contributed by atoms with Gasteiger partial charge in [0.05, 0.1) is 25.0 Å². The van der Waals surface area contributed by atoms with E-state index in [0.717, 1.165) is 60.5 Å². The van der Waals surface area contributed by atoms with Crippen LogP contribution >= 0.6 is 0 Å². The second-order valence-electron chi connectivity index (χ2n) is 8.97. The van der Waals surface area contributed by atoms with Crippen LogP contribution in [0.5, 0.6) is 0 Å². The number of amides is 1. The van der Waals surface area contributed by atoms with Crippen molar-refractivity contribution in [1.29, 1.82) is 0 Å². The van der Waals surface area contributed by atoms with E-state index in [-0.39, 0.29) is 11.9 Å². The quantitative estimate of drug-likeness (QED) is 0.644. The molecule has 1 aliphatic carbocycles. The number of nitrogens with zero attached hydrogens (tertiary/aromatic N) is 7. The molecule has 1 fully saturated rings. The van der Waals surface area contributed by atoms with Crippen LogP contribution < -0.4 is 10.2 Å². The van der Waals surface area contributed by atoms with Crippen LogP contribution in [0.15, 0.2) is 29.5 Å².